The highest BCUT2D eigenvalue weighted by atomic mass is 32.2. The smallest absolute Gasteiger partial charge is 0.133 e. The Hall–Kier alpha value is -0.350. The molecule has 1 aliphatic heterocycles. The van der Waals surface area contributed by atoms with Crippen LogP contribution in [0.25, 0.3) is 0 Å². The van der Waals surface area contributed by atoms with Gasteiger partial charge in [-0.3, -0.25) is 9.00 Å². The van der Waals surface area contributed by atoms with Crippen molar-refractivity contribution in [2.75, 3.05) is 19.3 Å². The molecule has 0 saturated carbocycles. The molecule has 76 valence electrons. The van der Waals surface area contributed by atoms with Crippen LogP contribution in [0.2, 0.25) is 0 Å². The first-order valence-electron chi connectivity index (χ1n) is 4.49. The highest BCUT2D eigenvalue weighted by Gasteiger charge is 2.24. The lowest BCUT2D eigenvalue weighted by Gasteiger charge is -2.31. The van der Waals surface area contributed by atoms with Gasteiger partial charge in [0.2, 0.25) is 0 Å². The number of nitrogens with zero attached hydrogens (tertiary/aromatic N) is 1. The van der Waals surface area contributed by atoms with E-state index in [2.05, 4.69) is 5.87 Å². The molecule has 1 rings (SSSR count). The molecule has 0 aromatic heterocycles. The minimum atomic E-state index is -2.05. The number of carbonyl (C=O) groups excluding carboxylic acids is 1. The van der Waals surface area contributed by atoms with Crippen LogP contribution in [0.15, 0.2) is 0 Å². The molecule has 1 aliphatic rings. The van der Waals surface area contributed by atoms with Gasteiger partial charge in [0.25, 0.3) is 0 Å². The molecule has 0 N–H and O–H groups in total. The van der Waals surface area contributed by atoms with Crippen LogP contribution in [-0.4, -0.2) is 39.5 Å². The van der Waals surface area contributed by atoms with E-state index in [0.29, 0.717) is 0 Å². The average Bonchev–Trinajstić information content (AvgIpc) is 2.03. The molecule has 1 atom stereocenters. The van der Waals surface area contributed by atoms with Gasteiger partial charge in [-0.25, -0.2) is 4.31 Å². The van der Waals surface area contributed by atoms with Crippen molar-refractivity contribution in [2.45, 2.75) is 19.8 Å². The molecule has 13 heavy (non-hydrogen) atoms. The SMILES string of the molecule is C=S(C)(=O)N1CCC(C(C)=O)CC1. The lowest BCUT2D eigenvalue weighted by Crippen LogP contribution is -2.39. The fourth-order valence-electron chi connectivity index (χ4n) is 1.65. The molecule has 0 aromatic rings. The van der Waals surface area contributed by atoms with E-state index in [4.69, 9.17) is 0 Å². The van der Waals surface area contributed by atoms with Gasteiger partial charge in [-0.15, -0.1) is 0 Å². The largest absolute Gasteiger partial charge is 0.300 e. The molecule has 1 fully saturated rings. The third kappa shape index (κ3) is 2.81. The van der Waals surface area contributed by atoms with Crippen molar-refractivity contribution >= 4 is 21.4 Å². The topological polar surface area (TPSA) is 37.4 Å². The van der Waals surface area contributed by atoms with E-state index in [9.17, 15) is 9.00 Å². The summed E-state index contributed by atoms with van der Waals surface area (Å²) in [6.07, 6.45) is 3.31. The summed E-state index contributed by atoms with van der Waals surface area (Å²) in [6.45, 7) is 3.11. The van der Waals surface area contributed by atoms with Crippen molar-refractivity contribution < 1.29 is 9.00 Å². The zero-order valence-electron chi connectivity index (χ0n) is 8.28. The van der Waals surface area contributed by atoms with Crippen molar-refractivity contribution in [1.29, 1.82) is 0 Å². The second-order valence-electron chi connectivity index (χ2n) is 3.77. The number of ketones is 1. The van der Waals surface area contributed by atoms with Gasteiger partial charge in [0.15, 0.2) is 0 Å². The summed E-state index contributed by atoms with van der Waals surface area (Å²) in [5.74, 6) is 4.07. The van der Waals surface area contributed by atoms with Crippen LogP contribution in [0.1, 0.15) is 19.8 Å². The lowest BCUT2D eigenvalue weighted by atomic mass is 9.95. The summed E-state index contributed by atoms with van der Waals surface area (Å²) in [7, 11) is -2.05. The van der Waals surface area contributed by atoms with Crippen molar-refractivity contribution in [1.82, 2.24) is 4.31 Å². The summed E-state index contributed by atoms with van der Waals surface area (Å²) in [5, 5.41) is 0. The maximum atomic E-state index is 11.5. The number of hydrogen-bond donors (Lipinski definition) is 0. The molecule has 4 heteroatoms. The fraction of sp³-hybridized carbons (Fsp3) is 0.778. The molecule has 1 saturated heterocycles. The maximum Gasteiger partial charge on any atom is 0.133 e. The Kier molecular flexibility index (Phi) is 3.14. The Balaban J connectivity index is 2.53. The molecule has 0 radical (unpaired) electrons. The predicted octanol–water partition coefficient (Wildman–Crippen LogP) is 0.549. The van der Waals surface area contributed by atoms with Gasteiger partial charge in [-0.05, 0) is 25.6 Å². The van der Waals surface area contributed by atoms with Crippen LogP contribution in [0.5, 0.6) is 0 Å². The highest BCUT2D eigenvalue weighted by Crippen LogP contribution is 2.19. The van der Waals surface area contributed by atoms with Gasteiger partial charge >= 0.3 is 0 Å². The molecule has 0 amide bonds. The molecule has 0 bridgehead atoms. The summed E-state index contributed by atoms with van der Waals surface area (Å²) in [4.78, 5) is 11.0. The van der Waals surface area contributed by atoms with E-state index in [1.165, 1.54) is 0 Å². The normalized spacial score (nSPS) is 25.4. The molecule has 1 heterocycles. The fourth-order valence-corrected chi connectivity index (χ4v) is 2.63. The quantitative estimate of drug-likeness (QED) is 0.615. The summed E-state index contributed by atoms with van der Waals surface area (Å²) in [6, 6.07) is 0. The van der Waals surface area contributed by atoms with Crippen LogP contribution in [0.4, 0.5) is 0 Å². The predicted molar refractivity (Wildman–Crippen MR) is 56.2 cm³/mol. The van der Waals surface area contributed by atoms with Crippen LogP contribution >= 0.6 is 0 Å². The van der Waals surface area contributed by atoms with Crippen LogP contribution < -0.4 is 0 Å². The number of Topliss-reactive ketones (excluding diaryl/α,β-unsaturated/α-hetero) is 1. The zero-order chi connectivity index (χ0) is 10.1. The minimum Gasteiger partial charge on any atom is -0.300 e. The van der Waals surface area contributed by atoms with E-state index in [-0.39, 0.29) is 11.7 Å². The van der Waals surface area contributed by atoms with Gasteiger partial charge in [0, 0.05) is 35.0 Å². The van der Waals surface area contributed by atoms with Gasteiger partial charge in [0.05, 0.1) is 0 Å². The Morgan fingerprint density at radius 2 is 1.92 bits per heavy atom. The Morgan fingerprint density at radius 3 is 2.23 bits per heavy atom. The molecule has 1 unspecified atom stereocenters. The molecule has 0 aliphatic carbocycles. The molecular formula is C9H17NO2S. The first-order valence-corrected chi connectivity index (χ1v) is 6.58. The Morgan fingerprint density at radius 1 is 1.46 bits per heavy atom. The third-order valence-electron chi connectivity index (χ3n) is 2.58. The summed E-state index contributed by atoms with van der Waals surface area (Å²) < 4.78 is 13.4. The number of carbonyl (C=O) groups is 1. The Bertz CT molecular complexity index is 287. The monoisotopic (exact) mass is 203 g/mol. The van der Waals surface area contributed by atoms with Gasteiger partial charge in [-0.1, -0.05) is 0 Å². The van der Waals surface area contributed by atoms with Gasteiger partial charge in [-0.2, -0.15) is 0 Å². The minimum absolute atomic E-state index is 0.179. The van der Waals surface area contributed by atoms with E-state index >= 15 is 0 Å². The van der Waals surface area contributed by atoms with E-state index < -0.39 is 9.71 Å². The van der Waals surface area contributed by atoms with Crippen molar-refractivity contribution in [3.8, 4) is 0 Å². The average molecular weight is 203 g/mol. The highest BCUT2D eigenvalue weighted by molar-refractivity contribution is 7.97. The first kappa shape index (κ1) is 10.7. The molecule has 0 aromatic carbocycles. The molecular weight excluding hydrogens is 186 g/mol. The first-order chi connectivity index (χ1) is 5.91. The van der Waals surface area contributed by atoms with Crippen molar-refractivity contribution in [3.05, 3.63) is 0 Å². The van der Waals surface area contributed by atoms with Crippen LogP contribution in [0.3, 0.4) is 0 Å². The summed E-state index contributed by atoms with van der Waals surface area (Å²) in [5.41, 5.74) is 0. The van der Waals surface area contributed by atoms with E-state index in [0.717, 1.165) is 25.9 Å². The molecule has 0 spiro atoms. The van der Waals surface area contributed by atoms with Crippen LogP contribution in [0, 0.1) is 5.92 Å². The maximum absolute atomic E-state index is 11.5. The number of piperidine rings is 1. The second kappa shape index (κ2) is 3.80. The second-order valence-corrected chi connectivity index (χ2v) is 6.21. The third-order valence-corrected chi connectivity index (χ3v) is 4.03. The summed E-state index contributed by atoms with van der Waals surface area (Å²) >= 11 is 0. The number of hydrogen-bond acceptors (Lipinski definition) is 2. The standard InChI is InChI=1S/C9H17NO2S/c1-8(11)9-4-6-10(7-5-9)13(2,3)12/h9H,2,4-7H2,1,3H3. The van der Waals surface area contributed by atoms with Crippen molar-refractivity contribution in [2.24, 2.45) is 5.92 Å². The zero-order valence-corrected chi connectivity index (χ0v) is 9.10. The van der Waals surface area contributed by atoms with Crippen LogP contribution in [-0.2, 0) is 14.5 Å². The van der Waals surface area contributed by atoms with E-state index in [1.54, 1.807) is 13.2 Å². The van der Waals surface area contributed by atoms with Gasteiger partial charge in [0.1, 0.15) is 5.78 Å². The lowest BCUT2D eigenvalue weighted by molar-refractivity contribution is -0.121. The van der Waals surface area contributed by atoms with E-state index in [1.807, 2.05) is 4.31 Å². The Labute approximate surface area is 80.3 Å². The number of rotatable bonds is 2. The van der Waals surface area contributed by atoms with Crippen molar-refractivity contribution in [3.63, 3.8) is 0 Å². The molecule has 3 nitrogen and oxygen atoms in total. The van der Waals surface area contributed by atoms with Gasteiger partial charge < -0.3 is 0 Å².